The van der Waals surface area contributed by atoms with Crippen LogP contribution in [0.2, 0.25) is 5.02 Å². The highest BCUT2D eigenvalue weighted by atomic mass is 35.5. The van der Waals surface area contributed by atoms with Gasteiger partial charge in [0.1, 0.15) is 5.75 Å². The van der Waals surface area contributed by atoms with Gasteiger partial charge in [0.05, 0.1) is 17.8 Å². The number of methoxy groups -OCH3 is 1. The van der Waals surface area contributed by atoms with E-state index < -0.39 is 5.91 Å². The van der Waals surface area contributed by atoms with Gasteiger partial charge in [0.25, 0.3) is 5.91 Å². The van der Waals surface area contributed by atoms with Gasteiger partial charge in [0, 0.05) is 11.8 Å². The molecule has 0 saturated heterocycles. The van der Waals surface area contributed by atoms with Crippen LogP contribution in [-0.2, 0) is 6.42 Å². The molecule has 0 unspecified atom stereocenters. The smallest absolute Gasteiger partial charge is 0.280 e. The van der Waals surface area contributed by atoms with Crippen molar-refractivity contribution in [2.75, 3.05) is 18.2 Å². The molecular weight excluding hydrogens is 354 g/mol. The minimum Gasteiger partial charge on any atom is -0.495 e. The highest BCUT2D eigenvalue weighted by Crippen LogP contribution is 2.28. The molecule has 7 nitrogen and oxygen atoms in total. The van der Waals surface area contributed by atoms with Gasteiger partial charge in [-0.25, -0.2) is 0 Å². The van der Waals surface area contributed by atoms with Gasteiger partial charge in [0.2, 0.25) is 0 Å². The Bertz CT molecular complexity index is 955. The summed E-state index contributed by atoms with van der Waals surface area (Å²) in [5.74, 6) is 0.179. The van der Waals surface area contributed by atoms with E-state index in [0.29, 0.717) is 16.5 Å². The quantitative estimate of drug-likeness (QED) is 0.717. The van der Waals surface area contributed by atoms with E-state index in [1.165, 1.54) is 11.8 Å². The van der Waals surface area contributed by atoms with Crippen LogP contribution in [0.15, 0.2) is 42.5 Å². The number of nitrogen functional groups attached to an aromatic ring is 1. The van der Waals surface area contributed by atoms with Crippen molar-refractivity contribution in [3.8, 4) is 11.4 Å². The van der Waals surface area contributed by atoms with E-state index in [1.807, 2.05) is 31.2 Å². The Morgan fingerprint density at radius 3 is 2.81 bits per heavy atom. The monoisotopic (exact) mass is 371 g/mol. The minimum absolute atomic E-state index is 0.0461. The molecule has 2 aromatic carbocycles. The molecular formula is C18H18ClN5O2. The summed E-state index contributed by atoms with van der Waals surface area (Å²) >= 11 is 6.03. The third-order valence-electron chi connectivity index (χ3n) is 3.95. The largest absolute Gasteiger partial charge is 0.495 e. The Labute approximate surface area is 155 Å². The fourth-order valence-corrected chi connectivity index (χ4v) is 2.75. The van der Waals surface area contributed by atoms with Crippen LogP contribution in [0.1, 0.15) is 23.0 Å². The van der Waals surface area contributed by atoms with Crippen molar-refractivity contribution in [2.24, 2.45) is 0 Å². The molecule has 8 heteroatoms. The number of carbonyl (C=O) groups excluding carboxylic acids is 1. The number of rotatable bonds is 5. The molecule has 0 spiro atoms. The number of halogens is 1. The first-order valence-corrected chi connectivity index (χ1v) is 8.37. The number of aryl methyl sites for hydroxylation is 1. The van der Waals surface area contributed by atoms with Crippen LogP contribution in [0.4, 0.5) is 11.5 Å². The lowest BCUT2D eigenvalue weighted by Crippen LogP contribution is -2.16. The van der Waals surface area contributed by atoms with Gasteiger partial charge in [-0.3, -0.25) is 4.79 Å². The Balaban J connectivity index is 1.90. The summed E-state index contributed by atoms with van der Waals surface area (Å²) in [6.45, 7) is 2.02. The van der Waals surface area contributed by atoms with Crippen molar-refractivity contribution < 1.29 is 9.53 Å². The van der Waals surface area contributed by atoms with E-state index >= 15 is 0 Å². The molecule has 0 radical (unpaired) electrons. The maximum Gasteiger partial charge on any atom is 0.280 e. The minimum atomic E-state index is -0.421. The number of amides is 1. The number of hydrogen-bond donors (Lipinski definition) is 2. The van der Waals surface area contributed by atoms with Crippen molar-refractivity contribution in [3.63, 3.8) is 0 Å². The Kier molecular flexibility index (Phi) is 5.09. The predicted octanol–water partition coefficient (Wildman–Crippen LogP) is 3.33. The molecule has 3 rings (SSSR count). The highest BCUT2D eigenvalue weighted by molar-refractivity contribution is 6.32. The standard InChI is InChI=1S/C18H18ClN5O2/c1-3-11-6-4-5-7-14(11)21-18(25)16-17(20)24(23-22-16)12-8-9-13(19)15(10-12)26-2/h4-10H,3,20H2,1-2H3,(H,21,25). The highest BCUT2D eigenvalue weighted by Gasteiger charge is 2.19. The van der Waals surface area contributed by atoms with Crippen molar-refractivity contribution >= 4 is 29.0 Å². The van der Waals surface area contributed by atoms with E-state index in [4.69, 9.17) is 22.1 Å². The third kappa shape index (κ3) is 3.34. The van der Waals surface area contributed by atoms with E-state index in [9.17, 15) is 4.79 Å². The molecule has 3 aromatic rings. The predicted molar refractivity (Wildman–Crippen MR) is 101 cm³/mol. The average Bonchev–Trinajstić information content (AvgIpc) is 3.04. The molecule has 3 N–H and O–H groups in total. The Morgan fingerprint density at radius 2 is 2.08 bits per heavy atom. The van der Waals surface area contributed by atoms with Gasteiger partial charge in [0.15, 0.2) is 11.5 Å². The first kappa shape index (κ1) is 17.8. The summed E-state index contributed by atoms with van der Waals surface area (Å²) in [6.07, 6.45) is 0.795. The van der Waals surface area contributed by atoms with Crippen molar-refractivity contribution in [2.45, 2.75) is 13.3 Å². The Hall–Kier alpha value is -3.06. The molecule has 1 aromatic heterocycles. The Morgan fingerprint density at radius 1 is 1.31 bits per heavy atom. The molecule has 1 heterocycles. The first-order valence-electron chi connectivity index (χ1n) is 7.99. The lowest BCUT2D eigenvalue weighted by atomic mass is 10.1. The lowest BCUT2D eigenvalue weighted by molar-refractivity contribution is 0.102. The van der Waals surface area contributed by atoms with E-state index in [1.54, 1.807) is 18.2 Å². The van der Waals surface area contributed by atoms with Gasteiger partial charge in [-0.1, -0.05) is 41.9 Å². The van der Waals surface area contributed by atoms with Crippen LogP contribution in [0.25, 0.3) is 5.69 Å². The molecule has 1 amide bonds. The van der Waals surface area contributed by atoms with Crippen molar-refractivity contribution in [3.05, 3.63) is 58.7 Å². The van der Waals surface area contributed by atoms with E-state index in [-0.39, 0.29) is 11.5 Å². The number of carbonyl (C=O) groups is 1. The zero-order valence-electron chi connectivity index (χ0n) is 14.4. The molecule has 0 fully saturated rings. The normalized spacial score (nSPS) is 10.6. The second-order valence-electron chi connectivity index (χ2n) is 5.52. The number of hydrogen-bond acceptors (Lipinski definition) is 5. The van der Waals surface area contributed by atoms with Crippen LogP contribution in [0.5, 0.6) is 5.75 Å². The number of nitrogens with zero attached hydrogens (tertiary/aromatic N) is 3. The lowest BCUT2D eigenvalue weighted by Gasteiger charge is -2.09. The van der Waals surface area contributed by atoms with Gasteiger partial charge in [-0.2, -0.15) is 4.68 Å². The third-order valence-corrected chi connectivity index (χ3v) is 4.26. The molecule has 0 aliphatic heterocycles. The summed E-state index contributed by atoms with van der Waals surface area (Å²) in [7, 11) is 1.51. The summed E-state index contributed by atoms with van der Waals surface area (Å²) in [4.78, 5) is 12.6. The number of nitrogens with two attached hydrogens (primary N) is 1. The van der Waals surface area contributed by atoms with Gasteiger partial charge in [-0.15, -0.1) is 5.10 Å². The first-order chi connectivity index (χ1) is 12.5. The van der Waals surface area contributed by atoms with E-state index in [2.05, 4.69) is 15.6 Å². The number of aromatic nitrogens is 3. The van der Waals surface area contributed by atoms with Gasteiger partial charge in [-0.05, 0) is 30.2 Å². The number of para-hydroxylation sites is 1. The molecule has 134 valence electrons. The van der Waals surface area contributed by atoms with Crippen LogP contribution in [0, 0.1) is 0 Å². The topological polar surface area (TPSA) is 95.1 Å². The number of benzene rings is 2. The summed E-state index contributed by atoms with van der Waals surface area (Å²) in [5, 5.41) is 11.2. The maximum absolute atomic E-state index is 12.6. The second kappa shape index (κ2) is 7.45. The number of ether oxygens (including phenoxy) is 1. The van der Waals surface area contributed by atoms with Crippen LogP contribution >= 0.6 is 11.6 Å². The van der Waals surface area contributed by atoms with Gasteiger partial charge < -0.3 is 15.8 Å². The SMILES string of the molecule is CCc1ccccc1NC(=O)c1nnn(-c2ccc(Cl)c(OC)c2)c1N. The number of anilines is 2. The zero-order valence-corrected chi connectivity index (χ0v) is 15.1. The van der Waals surface area contributed by atoms with Crippen LogP contribution in [-0.4, -0.2) is 28.0 Å². The van der Waals surface area contributed by atoms with Gasteiger partial charge >= 0.3 is 0 Å². The van der Waals surface area contributed by atoms with Crippen LogP contribution in [0.3, 0.4) is 0 Å². The van der Waals surface area contributed by atoms with E-state index in [0.717, 1.165) is 17.7 Å². The fourth-order valence-electron chi connectivity index (χ4n) is 2.55. The summed E-state index contributed by atoms with van der Waals surface area (Å²) < 4.78 is 6.55. The maximum atomic E-state index is 12.6. The molecule has 0 aliphatic rings. The molecule has 0 atom stereocenters. The number of nitrogens with one attached hydrogen (secondary N) is 1. The zero-order chi connectivity index (χ0) is 18.7. The summed E-state index contributed by atoms with van der Waals surface area (Å²) in [5.41, 5.74) is 8.47. The summed E-state index contributed by atoms with van der Waals surface area (Å²) in [6, 6.07) is 12.6. The molecule has 0 bridgehead atoms. The van der Waals surface area contributed by atoms with Crippen molar-refractivity contribution in [1.29, 1.82) is 0 Å². The van der Waals surface area contributed by atoms with Crippen molar-refractivity contribution in [1.82, 2.24) is 15.0 Å². The average molecular weight is 372 g/mol. The van der Waals surface area contributed by atoms with Crippen LogP contribution < -0.4 is 15.8 Å². The molecule has 26 heavy (non-hydrogen) atoms. The fraction of sp³-hybridized carbons (Fsp3) is 0.167. The second-order valence-corrected chi connectivity index (χ2v) is 5.93. The molecule has 0 aliphatic carbocycles. The molecule has 0 saturated carbocycles.